The molecule has 0 aliphatic rings. The molecule has 0 bridgehead atoms. The average molecular weight is 978 g/mol. The summed E-state index contributed by atoms with van der Waals surface area (Å²) in [6.07, 6.45) is 3.49. The van der Waals surface area contributed by atoms with Gasteiger partial charge in [-0.15, -0.1) is 0 Å². The molecule has 7 heteroatoms. The second-order valence-electron chi connectivity index (χ2n) is 17.5. The summed E-state index contributed by atoms with van der Waals surface area (Å²) in [7, 11) is 0. The van der Waals surface area contributed by atoms with Crippen molar-refractivity contribution >= 4 is 58.7 Å². The van der Waals surface area contributed by atoms with Gasteiger partial charge in [-0.3, -0.25) is 0 Å². The van der Waals surface area contributed by atoms with E-state index in [9.17, 15) is 0 Å². The van der Waals surface area contributed by atoms with Crippen molar-refractivity contribution in [3.63, 3.8) is 0 Å². The van der Waals surface area contributed by atoms with Crippen molar-refractivity contribution in [1.82, 2.24) is 19.9 Å². The van der Waals surface area contributed by atoms with E-state index >= 15 is 0 Å². The molecule has 0 N–H and O–H groups in total. The SMILES string of the molecule is Cc1cccc(C)c1-c1[te]c2c(-c3cc(Oc4cc(-c5ncnc6c(C)c(-c7c(C)cccc7C)[te]c56)cc(C(C)(C)C)c4)cc(C(C)(C)C)c3)ncnc2c1C. The number of hydrogen-bond acceptors (Lipinski definition) is 5. The molecule has 0 atom stereocenters. The van der Waals surface area contributed by atoms with Gasteiger partial charge < -0.3 is 0 Å². The van der Waals surface area contributed by atoms with E-state index in [-0.39, 0.29) is 10.8 Å². The number of ether oxygens (including phenoxy) is 1. The Balaban J connectivity index is 1.27. The van der Waals surface area contributed by atoms with Gasteiger partial charge in [0.1, 0.15) is 0 Å². The van der Waals surface area contributed by atoms with Crippen LogP contribution in [-0.2, 0) is 10.8 Å². The molecule has 4 aromatic heterocycles. The number of rotatable bonds is 6. The number of nitrogens with zero attached hydrogens (tertiary/aromatic N) is 4. The van der Waals surface area contributed by atoms with Crippen LogP contribution in [0.15, 0.2) is 85.5 Å². The molecule has 0 amide bonds. The molecule has 0 radical (unpaired) electrons. The van der Waals surface area contributed by atoms with Crippen LogP contribution in [0.25, 0.3) is 58.6 Å². The Kier molecular flexibility index (Phi) is 10.4. The summed E-state index contributed by atoms with van der Waals surface area (Å²) in [5.74, 6) is 1.60. The van der Waals surface area contributed by atoms with Gasteiger partial charge in [0.15, 0.2) is 0 Å². The Morgan fingerprint density at radius 2 is 0.842 bits per heavy atom. The van der Waals surface area contributed by atoms with Gasteiger partial charge >= 0.3 is 360 Å². The van der Waals surface area contributed by atoms with Crippen molar-refractivity contribution in [1.29, 1.82) is 0 Å². The van der Waals surface area contributed by atoms with E-state index in [0.717, 1.165) is 45.0 Å². The van der Waals surface area contributed by atoms with E-state index in [1.165, 1.54) is 69.6 Å². The van der Waals surface area contributed by atoms with Gasteiger partial charge in [-0.25, -0.2) is 0 Å². The van der Waals surface area contributed by atoms with Gasteiger partial charge in [0.25, 0.3) is 0 Å². The van der Waals surface area contributed by atoms with Crippen LogP contribution in [0.4, 0.5) is 0 Å². The van der Waals surface area contributed by atoms with Crippen LogP contribution in [-0.4, -0.2) is 60.8 Å². The second-order valence-corrected chi connectivity index (χ2v) is 23.4. The molecule has 8 rings (SSSR count). The van der Waals surface area contributed by atoms with Crippen LogP contribution in [0.1, 0.15) is 86.1 Å². The van der Waals surface area contributed by atoms with E-state index in [2.05, 4.69) is 156 Å². The molecule has 4 aromatic carbocycles. The molecule has 0 spiro atoms. The molecule has 288 valence electrons. The normalized spacial score (nSPS) is 12.2. The van der Waals surface area contributed by atoms with Gasteiger partial charge in [0.05, 0.1) is 0 Å². The zero-order valence-electron chi connectivity index (χ0n) is 35.1. The van der Waals surface area contributed by atoms with Crippen LogP contribution < -0.4 is 4.74 Å². The van der Waals surface area contributed by atoms with Gasteiger partial charge in [0.2, 0.25) is 0 Å². The first-order valence-corrected chi connectivity index (χ1v) is 24.3. The average Bonchev–Trinajstić information content (AvgIpc) is 3.66. The van der Waals surface area contributed by atoms with Gasteiger partial charge in [-0.05, 0) is 0 Å². The molecule has 4 heterocycles. The Hall–Kier alpha value is -4.10. The van der Waals surface area contributed by atoms with Crippen molar-refractivity contribution in [3.05, 3.63) is 130 Å². The number of hydrogen-bond donors (Lipinski definition) is 0. The Labute approximate surface area is 356 Å². The van der Waals surface area contributed by atoms with E-state index in [1.807, 2.05) is 0 Å². The molecular formula is C50H50N4OTe2. The number of aryl methyl sites for hydroxylation is 6. The molecule has 0 aliphatic heterocycles. The Morgan fingerprint density at radius 1 is 0.474 bits per heavy atom. The molecule has 5 nitrogen and oxygen atoms in total. The molecule has 0 saturated heterocycles. The van der Waals surface area contributed by atoms with Crippen molar-refractivity contribution < 1.29 is 4.74 Å². The number of fused-ring (bicyclic) bond motifs is 2. The fourth-order valence-electron chi connectivity index (χ4n) is 7.87. The van der Waals surface area contributed by atoms with Gasteiger partial charge in [-0.1, -0.05) is 0 Å². The Morgan fingerprint density at radius 3 is 1.19 bits per heavy atom. The first kappa shape index (κ1) is 39.7. The third-order valence-electron chi connectivity index (χ3n) is 11.2. The third kappa shape index (κ3) is 7.43. The summed E-state index contributed by atoms with van der Waals surface area (Å²) in [6, 6.07) is 26.6. The number of aromatic nitrogens is 4. The van der Waals surface area contributed by atoms with E-state index in [1.54, 1.807) is 12.7 Å². The van der Waals surface area contributed by atoms with Gasteiger partial charge in [-0.2, -0.15) is 0 Å². The monoisotopic (exact) mass is 982 g/mol. The molecule has 8 aromatic rings. The molecule has 0 saturated carbocycles. The molecule has 0 fully saturated rings. The van der Waals surface area contributed by atoms with Gasteiger partial charge in [0, 0.05) is 0 Å². The van der Waals surface area contributed by atoms with Crippen LogP contribution >= 0.6 is 0 Å². The fourth-order valence-corrected chi connectivity index (χ4v) is 16.1. The van der Waals surface area contributed by atoms with Crippen molar-refractivity contribution in [2.45, 2.75) is 93.9 Å². The molecule has 57 heavy (non-hydrogen) atoms. The van der Waals surface area contributed by atoms with Crippen LogP contribution in [0.2, 0.25) is 0 Å². The maximum atomic E-state index is 7.01. The quantitative estimate of drug-likeness (QED) is 0.155. The second kappa shape index (κ2) is 14.9. The predicted molar refractivity (Wildman–Crippen MR) is 241 cm³/mol. The molecular weight excluding hydrogens is 928 g/mol. The fraction of sp³-hybridized carbons (Fsp3) is 0.280. The summed E-state index contributed by atoms with van der Waals surface area (Å²) in [5, 5.41) is 0. The summed E-state index contributed by atoms with van der Waals surface area (Å²) in [6.45, 7) is 27.0. The molecule has 0 aliphatic carbocycles. The molecule has 0 unspecified atom stereocenters. The minimum absolute atomic E-state index is 0.110. The summed E-state index contributed by atoms with van der Waals surface area (Å²) < 4.78 is 12.6. The first-order valence-electron chi connectivity index (χ1n) is 19.6. The number of benzene rings is 4. The zero-order chi connectivity index (χ0) is 40.6. The van der Waals surface area contributed by atoms with Crippen molar-refractivity contribution in [2.24, 2.45) is 0 Å². The van der Waals surface area contributed by atoms with E-state index < -0.39 is 40.9 Å². The van der Waals surface area contributed by atoms with Crippen molar-refractivity contribution in [3.8, 4) is 52.3 Å². The third-order valence-corrected chi connectivity index (χ3v) is 18.6. The van der Waals surface area contributed by atoms with Crippen LogP contribution in [0, 0.1) is 41.5 Å². The zero-order valence-corrected chi connectivity index (χ0v) is 39.8. The van der Waals surface area contributed by atoms with E-state index in [0.29, 0.717) is 0 Å². The standard InChI is InChI=1S/C50H50N4OTe2/c1-27-15-13-16-28(2)39(27)45-31(5)41-47(56-45)43(53-25-51-41)33-19-35(49(7,8)9)23-37(21-33)55-38-22-34(20-36(24-38)50(10,11)12)44-48-42(52-26-54-44)32(6)46(57-48)40-29(3)17-14-18-30(40)4/h13-26H,1-12H3. The van der Waals surface area contributed by atoms with E-state index in [4.69, 9.17) is 24.7 Å². The Bertz CT molecular complexity index is 2630. The topological polar surface area (TPSA) is 60.8 Å². The van der Waals surface area contributed by atoms with Crippen molar-refractivity contribution in [2.75, 3.05) is 0 Å². The van der Waals surface area contributed by atoms with Crippen LogP contribution in [0.5, 0.6) is 11.5 Å². The summed E-state index contributed by atoms with van der Waals surface area (Å²) in [5.41, 5.74) is 19.2. The van der Waals surface area contributed by atoms with Crippen LogP contribution in [0.3, 0.4) is 0 Å². The summed E-state index contributed by atoms with van der Waals surface area (Å²) >= 11 is -1.51. The minimum atomic E-state index is -0.755. The first-order chi connectivity index (χ1) is 27.0. The predicted octanol–water partition coefficient (Wildman–Crippen LogP) is 12.6. The summed E-state index contributed by atoms with van der Waals surface area (Å²) in [4.78, 5) is 19.8. The maximum absolute atomic E-state index is 7.01.